The fourth-order valence-corrected chi connectivity index (χ4v) is 6.30. The van der Waals surface area contributed by atoms with E-state index in [0.717, 1.165) is 16.8 Å². The number of rotatable bonds is 6. The maximum absolute atomic E-state index is 14.4. The van der Waals surface area contributed by atoms with Gasteiger partial charge in [-0.3, -0.25) is 19.2 Å². The molecule has 32 heavy (non-hydrogen) atoms. The minimum atomic E-state index is -5.33. The Bertz CT molecular complexity index is 1170. The molecule has 0 bridgehead atoms. The Morgan fingerprint density at radius 3 is 2.00 bits per heavy atom. The molecule has 2 aromatic carbocycles. The van der Waals surface area contributed by atoms with Crippen LogP contribution >= 0.6 is 7.67 Å². The number of benzene rings is 2. The molecule has 2 saturated heterocycles. The van der Waals surface area contributed by atoms with E-state index in [1.54, 1.807) is 0 Å². The normalized spacial score (nSPS) is 23.8. The van der Waals surface area contributed by atoms with Crippen LogP contribution in [0.1, 0.15) is 5.56 Å². The Kier molecular flexibility index (Phi) is 5.08. The smallest absolute Gasteiger partial charge is 0.295 e. The first kappa shape index (κ1) is 23.5. The summed E-state index contributed by atoms with van der Waals surface area (Å²) in [7, 11) is 24.0. The van der Waals surface area contributed by atoms with Gasteiger partial charge in [0.15, 0.2) is 5.50 Å². The molecule has 2 aliphatic heterocycles. The van der Waals surface area contributed by atoms with Crippen LogP contribution in [0.15, 0.2) is 36.4 Å². The van der Waals surface area contributed by atoms with Crippen LogP contribution in [0.3, 0.4) is 0 Å². The Balaban J connectivity index is 1.91. The van der Waals surface area contributed by atoms with Crippen molar-refractivity contribution >= 4 is 63.4 Å². The predicted molar refractivity (Wildman–Crippen MR) is 115 cm³/mol. The highest BCUT2D eigenvalue weighted by Gasteiger charge is 2.72. The molecule has 2 atom stereocenters. The summed E-state index contributed by atoms with van der Waals surface area (Å²) >= 11 is 0. The van der Waals surface area contributed by atoms with Gasteiger partial charge in [-0.05, 0) is 33.8 Å². The molecule has 2 unspecified atom stereocenters. The largest absolute Gasteiger partial charge is 0.413 e. The summed E-state index contributed by atoms with van der Waals surface area (Å²) in [5, 5.41) is 6.75. The number of hydrogen-bond acceptors (Lipinski definition) is 4. The molecule has 0 saturated carbocycles. The van der Waals surface area contributed by atoms with Crippen molar-refractivity contribution in [3.63, 3.8) is 0 Å². The summed E-state index contributed by atoms with van der Waals surface area (Å²) in [4.78, 5) is 10.6. The van der Waals surface area contributed by atoms with E-state index in [2.05, 4.69) is 0 Å². The molecule has 7 nitrogen and oxygen atoms in total. The molecular formula is C16H10B5F3N3O4P. The predicted octanol–water partition coefficient (Wildman–Crippen LogP) is 1.37. The van der Waals surface area contributed by atoms with E-state index in [0.29, 0.717) is 4.67 Å². The van der Waals surface area contributed by atoms with Crippen LogP contribution in [0.2, 0.25) is 0 Å². The summed E-state index contributed by atoms with van der Waals surface area (Å²) in [5.41, 5.74) is -4.83. The van der Waals surface area contributed by atoms with E-state index < -0.39 is 46.2 Å². The third-order valence-corrected chi connectivity index (χ3v) is 8.32. The molecule has 0 amide bonds. The van der Waals surface area contributed by atoms with Gasteiger partial charge in [-0.15, -0.1) is 0 Å². The summed E-state index contributed by atoms with van der Waals surface area (Å²) in [5.74, 6) is 0. The van der Waals surface area contributed by atoms with Crippen LogP contribution in [-0.2, 0) is 14.6 Å². The van der Waals surface area contributed by atoms with Crippen LogP contribution in [-0.4, -0.2) is 83.4 Å². The third-order valence-electron chi connectivity index (χ3n) is 5.51. The van der Waals surface area contributed by atoms with Crippen molar-refractivity contribution in [2.75, 3.05) is 13.1 Å². The number of alkyl halides is 3. The van der Waals surface area contributed by atoms with Gasteiger partial charge in [-0.1, -0.05) is 18.2 Å². The van der Waals surface area contributed by atoms with Crippen LogP contribution in [0.5, 0.6) is 0 Å². The SMILES string of the molecule is [B]C(OP(=O)(N1CC1)N1C([B])([B])C1([B])[B])(c1ccc([N+](=O)[O-])c2ccccc12)C(F)(F)F. The zero-order chi connectivity index (χ0) is 23.9. The van der Waals surface area contributed by atoms with E-state index in [4.69, 9.17) is 43.8 Å². The van der Waals surface area contributed by atoms with Crippen molar-refractivity contribution < 1.29 is 27.2 Å². The number of nitrogens with zero attached hydrogens (tertiary/aromatic N) is 3. The molecule has 2 aliphatic rings. The number of nitro groups is 1. The molecule has 0 N–H and O–H groups in total. The summed E-state index contributed by atoms with van der Waals surface area (Å²) in [6.45, 7) is 0.184. The lowest BCUT2D eigenvalue weighted by Crippen LogP contribution is -2.46. The standard InChI is InChI=1S/C16H10B5F3N3O4P/c17-13(16(22,23)24,11-5-6-12(26(28)29)10-4-2-1-3-9(10)11)31-32(30,25-7-8-25)27-14(18,19)15(27,20)21/h1-6H,7-8H2. The number of hydrogen-bond donors (Lipinski definition) is 0. The van der Waals surface area contributed by atoms with Crippen molar-refractivity contribution in [3.8, 4) is 0 Å². The maximum Gasteiger partial charge on any atom is 0.413 e. The molecule has 10 radical (unpaired) electrons. The van der Waals surface area contributed by atoms with Gasteiger partial charge in [0.2, 0.25) is 0 Å². The molecular weight excluding hydrogens is 440 g/mol. The van der Waals surface area contributed by atoms with E-state index in [9.17, 15) is 27.9 Å². The first-order valence-electron chi connectivity index (χ1n) is 9.14. The molecule has 4 rings (SSSR count). The van der Waals surface area contributed by atoms with Crippen LogP contribution in [0.4, 0.5) is 18.9 Å². The first-order valence-corrected chi connectivity index (χ1v) is 10.7. The topological polar surface area (TPSA) is 75.5 Å². The minimum absolute atomic E-state index is 0.0921. The quantitative estimate of drug-likeness (QED) is 0.218. The highest BCUT2D eigenvalue weighted by molar-refractivity contribution is 7.55. The van der Waals surface area contributed by atoms with Gasteiger partial charge in [-0.25, -0.2) is 9.34 Å². The van der Waals surface area contributed by atoms with Crippen molar-refractivity contribution in [2.45, 2.75) is 22.4 Å². The average molecular weight is 450 g/mol. The minimum Gasteiger partial charge on any atom is -0.295 e. The monoisotopic (exact) mass is 451 g/mol. The van der Waals surface area contributed by atoms with Crippen molar-refractivity contribution in [3.05, 3.63) is 52.1 Å². The fraction of sp³-hybridized carbons (Fsp3) is 0.375. The molecule has 0 aliphatic carbocycles. The summed E-state index contributed by atoms with van der Waals surface area (Å²) in [6.07, 6.45) is -5.33. The zero-order valence-electron chi connectivity index (χ0n) is 16.3. The molecule has 0 spiro atoms. The van der Waals surface area contributed by atoms with Gasteiger partial charge < -0.3 is 0 Å². The second-order valence-electron chi connectivity index (χ2n) is 7.67. The van der Waals surface area contributed by atoms with Crippen LogP contribution in [0.25, 0.3) is 10.8 Å². The lowest BCUT2D eigenvalue weighted by molar-refractivity contribution is -0.383. The van der Waals surface area contributed by atoms with Gasteiger partial charge >= 0.3 is 13.8 Å². The highest BCUT2D eigenvalue weighted by Crippen LogP contribution is 2.73. The molecule has 154 valence electrons. The molecule has 2 fully saturated rings. The Morgan fingerprint density at radius 2 is 1.56 bits per heavy atom. The van der Waals surface area contributed by atoms with E-state index in [1.807, 2.05) is 0 Å². The first-order chi connectivity index (χ1) is 14.6. The third kappa shape index (κ3) is 3.20. The number of halogens is 3. The van der Waals surface area contributed by atoms with Crippen LogP contribution in [0, 0.1) is 10.1 Å². The molecule has 0 aromatic heterocycles. The fourth-order valence-electron chi connectivity index (χ4n) is 3.56. The van der Waals surface area contributed by atoms with Gasteiger partial charge in [0.05, 0.1) is 41.7 Å². The Hall–Kier alpha value is -1.68. The van der Waals surface area contributed by atoms with Crippen LogP contribution < -0.4 is 0 Å². The van der Waals surface area contributed by atoms with Crippen molar-refractivity contribution in [1.29, 1.82) is 0 Å². The maximum atomic E-state index is 14.4. The molecule has 2 aromatic rings. The summed E-state index contributed by atoms with van der Waals surface area (Å²) < 4.78 is 63.7. The lowest BCUT2D eigenvalue weighted by atomic mass is 9.49. The van der Waals surface area contributed by atoms with Gasteiger partial charge in [0.1, 0.15) is 7.85 Å². The molecule has 16 heteroatoms. The second-order valence-corrected chi connectivity index (χ2v) is 9.80. The lowest BCUT2D eigenvalue weighted by Gasteiger charge is -2.38. The van der Waals surface area contributed by atoms with E-state index in [-0.39, 0.29) is 23.9 Å². The van der Waals surface area contributed by atoms with Gasteiger partial charge in [0, 0.05) is 19.2 Å². The van der Waals surface area contributed by atoms with E-state index in [1.165, 1.54) is 24.3 Å². The average Bonchev–Trinajstić information content (AvgIpc) is 3.56. The van der Waals surface area contributed by atoms with Gasteiger partial charge in [0.25, 0.3) is 5.69 Å². The van der Waals surface area contributed by atoms with Crippen molar-refractivity contribution in [2.24, 2.45) is 0 Å². The Labute approximate surface area is 187 Å². The zero-order valence-corrected chi connectivity index (χ0v) is 17.2. The van der Waals surface area contributed by atoms with Gasteiger partial charge in [-0.2, -0.15) is 13.2 Å². The highest BCUT2D eigenvalue weighted by atomic mass is 31.2. The number of nitro benzene ring substituents is 1. The number of fused-ring (bicyclic) bond motifs is 1. The second kappa shape index (κ2) is 6.92. The summed E-state index contributed by atoms with van der Waals surface area (Å²) in [6, 6.07) is 6.92. The van der Waals surface area contributed by atoms with E-state index >= 15 is 0 Å². The van der Waals surface area contributed by atoms with Crippen molar-refractivity contribution in [1.82, 2.24) is 9.34 Å². The molecule has 2 heterocycles. The number of non-ortho nitro benzene ring substituents is 1. The Morgan fingerprint density at radius 1 is 1.03 bits per heavy atom.